The Morgan fingerprint density at radius 1 is 1.29 bits per heavy atom. The highest BCUT2D eigenvalue weighted by molar-refractivity contribution is 5.46. The maximum Gasteiger partial charge on any atom is 0.207 e. The van der Waals surface area contributed by atoms with Gasteiger partial charge in [0, 0.05) is 13.7 Å². The zero-order valence-corrected chi connectivity index (χ0v) is 10.1. The summed E-state index contributed by atoms with van der Waals surface area (Å²) in [5.74, 6) is 0.781. The van der Waals surface area contributed by atoms with E-state index in [2.05, 4.69) is 5.32 Å². The molecule has 2 fully saturated rings. The first-order valence-electron chi connectivity index (χ1n) is 6.18. The van der Waals surface area contributed by atoms with Gasteiger partial charge in [0.1, 0.15) is 0 Å². The highest BCUT2D eigenvalue weighted by atomic mass is 16.5. The van der Waals surface area contributed by atoms with Crippen molar-refractivity contribution in [1.82, 2.24) is 5.32 Å². The molecular formula is C12H21NO4. The van der Waals surface area contributed by atoms with E-state index in [4.69, 9.17) is 4.74 Å². The summed E-state index contributed by atoms with van der Waals surface area (Å²) < 4.78 is 5.58. The van der Waals surface area contributed by atoms with E-state index in [1.54, 1.807) is 7.11 Å². The van der Waals surface area contributed by atoms with Crippen molar-refractivity contribution in [2.24, 2.45) is 11.8 Å². The molecule has 1 amide bonds. The lowest BCUT2D eigenvalue weighted by molar-refractivity contribution is -0.111. The van der Waals surface area contributed by atoms with Gasteiger partial charge in [-0.05, 0) is 37.5 Å². The third-order valence-electron chi connectivity index (χ3n) is 4.41. The van der Waals surface area contributed by atoms with Crippen LogP contribution in [0, 0.1) is 11.8 Å². The molecule has 2 saturated carbocycles. The average Bonchev–Trinajstić information content (AvgIpc) is 2.66. The summed E-state index contributed by atoms with van der Waals surface area (Å²) in [4.78, 5) is 10.4. The van der Waals surface area contributed by atoms with Gasteiger partial charge in [-0.3, -0.25) is 4.79 Å². The minimum absolute atomic E-state index is 0.319. The van der Waals surface area contributed by atoms with Crippen molar-refractivity contribution >= 4 is 6.41 Å². The summed E-state index contributed by atoms with van der Waals surface area (Å²) in [5.41, 5.74) is -0.319. The highest BCUT2D eigenvalue weighted by Gasteiger charge is 2.49. The molecule has 0 spiro atoms. The molecule has 0 bridgehead atoms. The lowest BCUT2D eigenvalue weighted by atomic mass is 9.79. The number of hydrogen-bond donors (Lipinski definition) is 3. The Kier molecular flexibility index (Phi) is 3.70. The van der Waals surface area contributed by atoms with Crippen LogP contribution in [0.15, 0.2) is 0 Å². The molecule has 0 aromatic rings. The highest BCUT2D eigenvalue weighted by Crippen LogP contribution is 2.48. The van der Waals surface area contributed by atoms with Gasteiger partial charge in [-0.15, -0.1) is 0 Å². The SMILES string of the molecule is COC1(CNC=O)C[C@@H]2CC(O)[C@@H](O)C[C@H]2C1. The number of fused-ring (bicyclic) bond motifs is 1. The van der Waals surface area contributed by atoms with Crippen molar-refractivity contribution in [1.29, 1.82) is 0 Å². The molecule has 5 heteroatoms. The van der Waals surface area contributed by atoms with Crippen LogP contribution in [0.3, 0.4) is 0 Å². The van der Waals surface area contributed by atoms with Gasteiger partial charge in [-0.2, -0.15) is 0 Å². The van der Waals surface area contributed by atoms with E-state index in [0.717, 1.165) is 12.8 Å². The molecule has 98 valence electrons. The molecule has 2 aliphatic rings. The van der Waals surface area contributed by atoms with Crippen molar-refractivity contribution < 1.29 is 19.7 Å². The number of ether oxygens (including phenoxy) is 1. The fourth-order valence-electron chi connectivity index (χ4n) is 3.47. The van der Waals surface area contributed by atoms with E-state index in [9.17, 15) is 15.0 Å². The van der Waals surface area contributed by atoms with Crippen LogP contribution in [-0.2, 0) is 9.53 Å². The lowest BCUT2D eigenvalue weighted by Crippen LogP contribution is -2.40. The largest absolute Gasteiger partial charge is 0.390 e. The van der Waals surface area contributed by atoms with Gasteiger partial charge in [-0.1, -0.05) is 0 Å². The van der Waals surface area contributed by atoms with E-state index in [-0.39, 0.29) is 5.60 Å². The van der Waals surface area contributed by atoms with Gasteiger partial charge in [0.15, 0.2) is 0 Å². The predicted octanol–water partition coefficient (Wildman–Crippen LogP) is -0.341. The quantitative estimate of drug-likeness (QED) is 0.590. The van der Waals surface area contributed by atoms with Crippen LogP contribution in [0.2, 0.25) is 0 Å². The minimum Gasteiger partial charge on any atom is -0.390 e. The number of aliphatic hydroxyl groups is 2. The van der Waals surface area contributed by atoms with Crippen LogP contribution in [-0.4, -0.2) is 48.1 Å². The van der Waals surface area contributed by atoms with Crippen LogP contribution >= 0.6 is 0 Å². The molecule has 2 aliphatic carbocycles. The monoisotopic (exact) mass is 243 g/mol. The molecule has 0 heterocycles. The van der Waals surface area contributed by atoms with Crippen LogP contribution in [0.5, 0.6) is 0 Å². The van der Waals surface area contributed by atoms with Gasteiger partial charge < -0.3 is 20.3 Å². The summed E-state index contributed by atoms with van der Waals surface area (Å²) in [6.45, 7) is 0.506. The van der Waals surface area contributed by atoms with Crippen LogP contribution < -0.4 is 5.32 Å². The molecule has 17 heavy (non-hydrogen) atoms. The third kappa shape index (κ3) is 2.46. The third-order valence-corrected chi connectivity index (χ3v) is 4.41. The summed E-state index contributed by atoms with van der Waals surface area (Å²) in [6, 6.07) is 0. The number of aliphatic hydroxyl groups excluding tert-OH is 2. The number of hydrogen-bond acceptors (Lipinski definition) is 4. The minimum atomic E-state index is -0.608. The first-order valence-corrected chi connectivity index (χ1v) is 6.18. The fraction of sp³-hybridized carbons (Fsp3) is 0.917. The van der Waals surface area contributed by atoms with Crippen LogP contribution in [0.25, 0.3) is 0 Å². The lowest BCUT2D eigenvalue weighted by Gasteiger charge is -2.32. The molecule has 2 unspecified atom stereocenters. The van der Waals surface area contributed by atoms with Gasteiger partial charge in [0.05, 0.1) is 17.8 Å². The number of carbonyl (C=O) groups excluding carboxylic acids is 1. The molecule has 0 radical (unpaired) electrons. The zero-order valence-electron chi connectivity index (χ0n) is 10.1. The Bertz CT molecular complexity index is 266. The van der Waals surface area contributed by atoms with Gasteiger partial charge in [0.2, 0.25) is 6.41 Å². The number of methoxy groups -OCH3 is 1. The summed E-state index contributed by atoms with van der Waals surface area (Å²) in [5, 5.41) is 22.0. The smallest absolute Gasteiger partial charge is 0.207 e. The molecule has 0 aromatic carbocycles. The van der Waals surface area contributed by atoms with E-state index >= 15 is 0 Å². The Morgan fingerprint density at radius 2 is 1.82 bits per heavy atom. The van der Waals surface area contributed by atoms with Crippen molar-refractivity contribution in [2.45, 2.75) is 43.5 Å². The Balaban J connectivity index is 2.03. The molecule has 5 nitrogen and oxygen atoms in total. The molecule has 5 atom stereocenters. The van der Waals surface area contributed by atoms with Crippen molar-refractivity contribution in [2.75, 3.05) is 13.7 Å². The standard InChI is InChI=1S/C12H21NO4/c1-17-12(6-13-7-14)4-8-2-10(15)11(16)3-9(8)5-12/h7-11,15-16H,2-6H2,1H3,(H,13,14)/t8-,9-,10-,11?,12?/m0/s1. The topological polar surface area (TPSA) is 78.8 Å². The first-order chi connectivity index (χ1) is 8.10. The number of rotatable bonds is 4. The Labute approximate surface area is 101 Å². The van der Waals surface area contributed by atoms with Crippen molar-refractivity contribution in [3.05, 3.63) is 0 Å². The normalized spacial score (nSPS) is 45.4. The number of nitrogens with one attached hydrogen (secondary N) is 1. The zero-order chi connectivity index (χ0) is 12.5. The van der Waals surface area contributed by atoms with Crippen molar-refractivity contribution in [3.8, 4) is 0 Å². The Hall–Kier alpha value is -0.650. The summed E-state index contributed by atoms with van der Waals surface area (Å²) in [6.07, 6.45) is 2.44. The molecule has 0 saturated heterocycles. The van der Waals surface area contributed by atoms with E-state index in [1.807, 2.05) is 0 Å². The van der Waals surface area contributed by atoms with E-state index < -0.39 is 12.2 Å². The summed E-state index contributed by atoms with van der Waals surface area (Å²) in [7, 11) is 1.66. The van der Waals surface area contributed by atoms with Gasteiger partial charge >= 0.3 is 0 Å². The van der Waals surface area contributed by atoms with E-state index in [0.29, 0.717) is 37.6 Å². The second-order valence-corrected chi connectivity index (χ2v) is 5.42. The Morgan fingerprint density at radius 3 is 2.24 bits per heavy atom. The maximum atomic E-state index is 10.4. The van der Waals surface area contributed by atoms with Gasteiger partial charge in [0.25, 0.3) is 0 Å². The first kappa shape index (κ1) is 12.8. The molecule has 0 aliphatic heterocycles. The van der Waals surface area contributed by atoms with Crippen LogP contribution in [0.4, 0.5) is 0 Å². The number of amides is 1. The van der Waals surface area contributed by atoms with Crippen LogP contribution in [0.1, 0.15) is 25.7 Å². The summed E-state index contributed by atoms with van der Waals surface area (Å²) >= 11 is 0. The maximum absolute atomic E-state index is 10.4. The number of carbonyl (C=O) groups is 1. The molecular weight excluding hydrogens is 222 g/mol. The predicted molar refractivity (Wildman–Crippen MR) is 61.3 cm³/mol. The average molecular weight is 243 g/mol. The molecule has 3 N–H and O–H groups in total. The second-order valence-electron chi connectivity index (χ2n) is 5.42. The molecule has 2 rings (SSSR count). The second kappa shape index (κ2) is 4.92. The van der Waals surface area contributed by atoms with Crippen molar-refractivity contribution in [3.63, 3.8) is 0 Å². The van der Waals surface area contributed by atoms with Gasteiger partial charge in [-0.25, -0.2) is 0 Å². The fourth-order valence-corrected chi connectivity index (χ4v) is 3.47. The molecule has 0 aromatic heterocycles. The van der Waals surface area contributed by atoms with E-state index in [1.165, 1.54) is 0 Å².